The second-order valence-corrected chi connectivity index (χ2v) is 6.59. The van der Waals surface area contributed by atoms with Crippen LogP contribution < -0.4 is 10.6 Å². The third-order valence-corrected chi connectivity index (χ3v) is 4.55. The van der Waals surface area contributed by atoms with Gasteiger partial charge in [-0.3, -0.25) is 0 Å². The van der Waals surface area contributed by atoms with E-state index >= 15 is 0 Å². The molecule has 0 radical (unpaired) electrons. The molecule has 0 bridgehead atoms. The lowest BCUT2D eigenvalue weighted by Gasteiger charge is -2.25. The summed E-state index contributed by atoms with van der Waals surface area (Å²) in [7, 11) is 0. The van der Waals surface area contributed by atoms with Gasteiger partial charge >= 0.3 is 0 Å². The number of hydrogen-bond acceptors (Lipinski definition) is 3. The lowest BCUT2D eigenvalue weighted by molar-refractivity contribution is 0.805. The topological polar surface area (TPSA) is 29.3 Å². The van der Waals surface area contributed by atoms with Gasteiger partial charge in [0, 0.05) is 15.4 Å². The minimum atomic E-state index is 0.663. The van der Waals surface area contributed by atoms with Crippen molar-refractivity contribution in [3.63, 3.8) is 0 Å². The highest BCUT2D eigenvalue weighted by Crippen LogP contribution is 2.37. The van der Waals surface area contributed by atoms with Gasteiger partial charge in [0.25, 0.3) is 0 Å². The first-order valence-electron chi connectivity index (χ1n) is 6.08. The summed E-state index contributed by atoms with van der Waals surface area (Å²) >= 11 is 5.27. The molecule has 1 aliphatic rings. The van der Waals surface area contributed by atoms with Crippen LogP contribution in [0.4, 0.5) is 11.4 Å². The number of rotatable bonds is 4. The Kier molecular flexibility index (Phi) is 3.31. The Balaban J connectivity index is 1.89. The second kappa shape index (κ2) is 4.94. The molecule has 1 aromatic heterocycles. The number of halogens is 1. The van der Waals surface area contributed by atoms with Gasteiger partial charge in [-0.05, 0) is 42.5 Å². The number of nitrogens with zero attached hydrogens (tertiary/aromatic N) is 1. The van der Waals surface area contributed by atoms with Crippen LogP contribution in [-0.2, 0) is 6.54 Å². The molecule has 0 aliphatic heterocycles. The lowest BCUT2D eigenvalue weighted by Crippen LogP contribution is -2.25. The first-order chi connectivity index (χ1) is 8.74. The van der Waals surface area contributed by atoms with E-state index in [0.29, 0.717) is 6.04 Å². The molecule has 0 saturated heterocycles. The number of hydrogen-bond donors (Lipinski definition) is 1. The summed E-state index contributed by atoms with van der Waals surface area (Å²) < 4.78 is 1.04. The van der Waals surface area contributed by atoms with Crippen molar-refractivity contribution in [3.05, 3.63) is 45.1 Å². The van der Waals surface area contributed by atoms with Crippen molar-refractivity contribution in [2.24, 2.45) is 0 Å². The summed E-state index contributed by atoms with van der Waals surface area (Å²) in [4.78, 5) is 3.83. The molecule has 94 valence electrons. The van der Waals surface area contributed by atoms with Crippen LogP contribution in [0.2, 0.25) is 0 Å². The number of nitrogens with two attached hydrogens (primary N) is 1. The average Bonchev–Trinajstić information content (AvgIpc) is 3.05. The zero-order chi connectivity index (χ0) is 12.5. The van der Waals surface area contributed by atoms with E-state index in [1.165, 1.54) is 17.7 Å². The van der Waals surface area contributed by atoms with Crippen molar-refractivity contribution in [1.82, 2.24) is 0 Å². The van der Waals surface area contributed by atoms with E-state index in [1.807, 2.05) is 17.4 Å². The number of thiophene rings is 1. The predicted octanol–water partition coefficient (Wildman–Crippen LogP) is 4.26. The van der Waals surface area contributed by atoms with Gasteiger partial charge in [0.2, 0.25) is 0 Å². The van der Waals surface area contributed by atoms with Gasteiger partial charge < -0.3 is 10.6 Å². The van der Waals surface area contributed by atoms with Crippen molar-refractivity contribution in [2.75, 3.05) is 10.6 Å². The molecule has 2 aromatic rings. The standard InChI is InChI=1S/C14H15BrN2S/c15-10-3-6-14(13(16)8-10)17(11-4-5-11)9-12-2-1-7-18-12/h1-3,6-8,11H,4-5,9,16H2. The van der Waals surface area contributed by atoms with Crippen LogP contribution in [-0.4, -0.2) is 6.04 Å². The fraction of sp³-hybridized carbons (Fsp3) is 0.286. The summed E-state index contributed by atoms with van der Waals surface area (Å²) in [5.74, 6) is 0. The van der Waals surface area contributed by atoms with Gasteiger partial charge in [0.15, 0.2) is 0 Å². The second-order valence-electron chi connectivity index (χ2n) is 4.64. The Labute approximate surface area is 120 Å². The van der Waals surface area contributed by atoms with Gasteiger partial charge in [-0.15, -0.1) is 11.3 Å². The minimum absolute atomic E-state index is 0.663. The predicted molar refractivity (Wildman–Crippen MR) is 82.1 cm³/mol. The van der Waals surface area contributed by atoms with Crippen LogP contribution in [0.3, 0.4) is 0 Å². The van der Waals surface area contributed by atoms with Crippen LogP contribution in [0, 0.1) is 0 Å². The highest BCUT2D eigenvalue weighted by atomic mass is 79.9. The largest absolute Gasteiger partial charge is 0.397 e. The third kappa shape index (κ3) is 2.54. The van der Waals surface area contributed by atoms with Crippen LogP contribution in [0.25, 0.3) is 0 Å². The Morgan fingerprint density at radius 3 is 2.78 bits per heavy atom. The molecule has 1 heterocycles. The highest BCUT2D eigenvalue weighted by Gasteiger charge is 2.30. The minimum Gasteiger partial charge on any atom is -0.397 e. The summed E-state index contributed by atoms with van der Waals surface area (Å²) in [6, 6.07) is 11.1. The monoisotopic (exact) mass is 322 g/mol. The molecule has 1 fully saturated rings. The quantitative estimate of drug-likeness (QED) is 0.852. The molecule has 0 atom stereocenters. The molecule has 0 spiro atoms. The van der Waals surface area contributed by atoms with Gasteiger partial charge in [0.05, 0.1) is 17.9 Å². The van der Waals surface area contributed by atoms with Crippen molar-refractivity contribution >= 4 is 38.6 Å². The summed E-state index contributed by atoms with van der Waals surface area (Å²) in [6.45, 7) is 0.966. The fourth-order valence-electron chi connectivity index (χ4n) is 2.15. The van der Waals surface area contributed by atoms with Crippen LogP contribution in [0.15, 0.2) is 40.2 Å². The summed E-state index contributed by atoms with van der Waals surface area (Å²) in [6.07, 6.45) is 2.56. The van der Waals surface area contributed by atoms with E-state index in [-0.39, 0.29) is 0 Å². The molecule has 3 rings (SSSR count). The van der Waals surface area contributed by atoms with E-state index in [0.717, 1.165) is 22.4 Å². The van der Waals surface area contributed by atoms with E-state index in [2.05, 4.69) is 50.5 Å². The molecular weight excluding hydrogens is 308 g/mol. The van der Waals surface area contributed by atoms with Crippen molar-refractivity contribution in [1.29, 1.82) is 0 Å². The van der Waals surface area contributed by atoms with Gasteiger partial charge in [-0.1, -0.05) is 22.0 Å². The molecule has 1 aliphatic carbocycles. The van der Waals surface area contributed by atoms with E-state index in [9.17, 15) is 0 Å². The van der Waals surface area contributed by atoms with Crippen LogP contribution in [0.1, 0.15) is 17.7 Å². The Morgan fingerprint density at radius 2 is 2.17 bits per heavy atom. The number of benzene rings is 1. The molecule has 1 aromatic carbocycles. The van der Waals surface area contributed by atoms with Crippen molar-refractivity contribution in [2.45, 2.75) is 25.4 Å². The molecule has 2 N–H and O–H groups in total. The SMILES string of the molecule is Nc1cc(Br)ccc1N(Cc1cccs1)C1CC1. The van der Waals surface area contributed by atoms with Crippen LogP contribution >= 0.6 is 27.3 Å². The first kappa shape index (κ1) is 12.1. The Bertz CT molecular complexity index is 535. The molecule has 2 nitrogen and oxygen atoms in total. The zero-order valence-electron chi connectivity index (χ0n) is 9.97. The molecule has 0 amide bonds. The average molecular weight is 323 g/mol. The van der Waals surface area contributed by atoms with Gasteiger partial charge in [-0.25, -0.2) is 0 Å². The normalized spacial score (nSPS) is 14.7. The molecule has 18 heavy (non-hydrogen) atoms. The molecule has 0 unspecified atom stereocenters. The fourth-order valence-corrected chi connectivity index (χ4v) is 3.24. The van der Waals surface area contributed by atoms with Crippen molar-refractivity contribution in [3.8, 4) is 0 Å². The highest BCUT2D eigenvalue weighted by molar-refractivity contribution is 9.10. The van der Waals surface area contributed by atoms with Gasteiger partial charge in [-0.2, -0.15) is 0 Å². The maximum absolute atomic E-state index is 6.15. The first-order valence-corrected chi connectivity index (χ1v) is 7.75. The smallest absolute Gasteiger partial charge is 0.0606 e. The number of anilines is 2. The maximum Gasteiger partial charge on any atom is 0.0606 e. The van der Waals surface area contributed by atoms with Crippen LogP contribution in [0.5, 0.6) is 0 Å². The zero-order valence-corrected chi connectivity index (χ0v) is 12.4. The maximum atomic E-state index is 6.15. The molecular formula is C14H15BrN2S. The van der Waals surface area contributed by atoms with E-state index in [4.69, 9.17) is 5.73 Å². The molecule has 4 heteroatoms. The summed E-state index contributed by atoms with van der Waals surface area (Å²) in [5, 5.41) is 2.13. The Morgan fingerprint density at radius 1 is 1.33 bits per heavy atom. The lowest BCUT2D eigenvalue weighted by atomic mass is 10.2. The number of nitrogen functional groups attached to an aromatic ring is 1. The third-order valence-electron chi connectivity index (χ3n) is 3.19. The van der Waals surface area contributed by atoms with Crippen molar-refractivity contribution < 1.29 is 0 Å². The Hall–Kier alpha value is -1.00. The van der Waals surface area contributed by atoms with Gasteiger partial charge in [0.1, 0.15) is 0 Å². The summed E-state index contributed by atoms with van der Waals surface area (Å²) in [5.41, 5.74) is 8.16. The van der Waals surface area contributed by atoms with E-state index in [1.54, 1.807) is 0 Å². The molecule has 1 saturated carbocycles. The van der Waals surface area contributed by atoms with E-state index < -0.39 is 0 Å².